The summed E-state index contributed by atoms with van der Waals surface area (Å²) in [5.41, 5.74) is 0.801. The number of carbonyl (C=O) groups is 2. The fourth-order valence-electron chi connectivity index (χ4n) is 2.40. The first-order chi connectivity index (χ1) is 10.2. The normalized spacial score (nSPS) is 18.3. The third-order valence-corrected chi connectivity index (χ3v) is 4.36. The highest BCUT2D eigenvalue weighted by molar-refractivity contribution is 7.99. The van der Waals surface area contributed by atoms with Crippen LogP contribution in [0.3, 0.4) is 0 Å². The van der Waals surface area contributed by atoms with Crippen molar-refractivity contribution in [2.45, 2.75) is 31.2 Å². The quantitative estimate of drug-likeness (QED) is 0.840. The monoisotopic (exact) mass is 307 g/mol. The second-order valence-corrected chi connectivity index (χ2v) is 6.07. The highest BCUT2D eigenvalue weighted by Crippen LogP contribution is 2.27. The first-order valence-electron chi connectivity index (χ1n) is 7.24. The van der Waals surface area contributed by atoms with E-state index in [1.807, 2.05) is 31.2 Å². The van der Waals surface area contributed by atoms with Gasteiger partial charge in [0.1, 0.15) is 6.04 Å². The molecule has 1 aliphatic heterocycles. The Bertz CT molecular complexity index is 521. The van der Waals surface area contributed by atoms with E-state index >= 15 is 0 Å². The minimum absolute atomic E-state index is 0.0740. The number of urea groups is 1. The maximum absolute atomic E-state index is 12.5. The lowest BCUT2D eigenvalue weighted by atomic mass is 10.1. The van der Waals surface area contributed by atoms with Crippen molar-refractivity contribution in [1.29, 1.82) is 0 Å². The zero-order valence-corrected chi connectivity index (χ0v) is 13.2. The largest absolute Gasteiger partial charge is 0.353 e. The van der Waals surface area contributed by atoms with Gasteiger partial charge in [-0.15, -0.1) is 11.8 Å². The summed E-state index contributed by atoms with van der Waals surface area (Å²) in [7, 11) is 0. The number of rotatable bonds is 4. The zero-order chi connectivity index (χ0) is 15.2. The van der Waals surface area contributed by atoms with E-state index in [4.69, 9.17) is 0 Å². The van der Waals surface area contributed by atoms with Crippen LogP contribution >= 0.6 is 11.8 Å². The Balaban J connectivity index is 2.12. The zero-order valence-electron chi connectivity index (χ0n) is 12.4. The van der Waals surface area contributed by atoms with Crippen LogP contribution in [0.15, 0.2) is 29.2 Å². The van der Waals surface area contributed by atoms with Crippen LogP contribution in [0.2, 0.25) is 0 Å². The summed E-state index contributed by atoms with van der Waals surface area (Å²) in [6.07, 6.45) is 0.616. The SMILES string of the molecule is CCSc1ccccc1NC(=O)N1CCNC(=O)[C@H]1CC. The predicted molar refractivity (Wildman–Crippen MR) is 85.7 cm³/mol. The Kier molecular flexibility index (Phi) is 5.50. The van der Waals surface area contributed by atoms with Crippen LogP contribution in [0, 0.1) is 0 Å². The first-order valence-corrected chi connectivity index (χ1v) is 8.23. The van der Waals surface area contributed by atoms with Crippen LogP contribution < -0.4 is 10.6 Å². The van der Waals surface area contributed by atoms with Crippen molar-refractivity contribution in [2.24, 2.45) is 0 Å². The molecule has 6 heteroatoms. The number of hydrogen-bond donors (Lipinski definition) is 2. The van der Waals surface area contributed by atoms with Crippen molar-refractivity contribution in [3.05, 3.63) is 24.3 Å². The van der Waals surface area contributed by atoms with E-state index in [0.717, 1.165) is 16.3 Å². The molecule has 1 aromatic rings. The Hall–Kier alpha value is -1.69. The van der Waals surface area contributed by atoms with Crippen molar-refractivity contribution in [3.8, 4) is 0 Å². The van der Waals surface area contributed by atoms with Crippen molar-refractivity contribution in [2.75, 3.05) is 24.2 Å². The third kappa shape index (κ3) is 3.69. The van der Waals surface area contributed by atoms with E-state index in [1.54, 1.807) is 16.7 Å². The highest BCUT2D eigenvalue weighted by Gasteiger charge is 2.31. The average molecular weight is 307 g/mol. The predicted octanol–water partition coefficient (Wildman–Crippen LogP) is 2.54. The van der Waals surface area contributed by atoms with Crippen molar-refractivity contribution >= 4 is 29.4 Å². The van der Waals surface area contributed by atoms with Gasteiger partial charge in [0.05, 0.1) is 5.69 Å². The minimum atomic E-state index is -0.384. The summed E-state index contributed by atoms with van der Waals surface area (Å²) in [4.78, 5) is 27.0. The standard InChI is InChI=1S/C15H21N3O2S/c1-3-12-14(19)16-9-10-18(12)15(20)17-11-7-5-6-8-13(11)21-4-2/h5-8,12H,3-4,9-10H2,1-2H3,(H,16,19)(H,17,20)/t12-/m1/s1. The molecule has 1 aliphatic rings. The molecule has 21 heavy (non-hydrogen) atoms. The molecule has 1 atom stereocenters. The molecule has 0 spiro atoms. The van der Waals surface area contributed by atoms with Gasteiger partial charge in [-0.3, -0.25) is 4.79 Å². The van der Waals surface area contributed by atoms with Gasteiger partial charge in [-0.1, -0.05) is 26.0 Å². The molecule has 0 saturated carbocycles. The maximum atomic E-state index is 12.5. The molecular formula is C15H21N3O2S. The summed E-state index contributed by atoms with van der Waals surface area (Å²) >= 11 is 1.69. The lowest BCUT2D eigenvalue weighted by Gasteiger charge is -2.34. The van der Waals surface area contributed by atoms with Gasteiger partial charge in [0.2, 0.25) is 5.91 Å². The van der Waals surface area contributed by atoms with Gasteiger partial charge in [0.25, 0.3) is 0 Å². The minimum Gasteiger partial charge on any atom is -0.353 e. The second-order valence-electron chi connectivity index (χ2n) is 4.77. The van der Waals surface area contributed by atoms with Gasteiger partial charge in [-0.05, 0) is 24.3 Å². The van der Waals surface area contributed by atoms with Crippen LogP contribution in [0.1, 0.15) is 20.3 Å². The third-order valence-electron chi connectivity index (χ3n) is 3.41. The van der Waals surface area contributed by atoms with E-state index in [1.165, 1.54) is 0 Å². The van der Waals surface area contributed by atoms with Crippen LogP contribution in [-0.4, -0.2) is 41.7 Å². The van der Waals surface area contributed by atoms with E-state index in [-0.39, 0.29) is 18.0 Å². The topological polar surface area (TPSA) is 61.4 Å². The Morgan fingerprint density at radius 3 is 2.90 bits per heavy atom. The molecule has 2 rings (SSSR count). The fraction of sp³-hybridized carbons (Fsp3) is 0.467. The molecule has 0 aliphatic carbocycles. The summed E-state index contributed by atoms with van der Waals surface area (Å²) < 4.78 is 0. The molecule has 3 amide bonds. The van der Waals surface area contributed by atoms with Crippen LogP contribution in [0.4, 0.5) is 10.5 Å². The Morgan fingerprint density at radius 2 is 2.19 bits per heavy atom. The van der Waals surface area contributed by atoms with E-state index in [9.17, 15) is 9.59 Å². The smallest absolute Gasteiger partial charge is 0.322 e. The molecule has 5 nitrogen and oxygen atoms in total. The number of para-hydroxylation sites is 1. The molecule has 1 fully saturated rings. The number of hydrogen-bond acceptors (Lipinski definition) is 3. The summed E-state index contributed by atoms with van der Waals surface area (Å²) in [5, 5.41) is 5.73. The number of piperazine rings is 1. The van der Waals surface area contributed by atoms with Crippen LogP contribution in [-0.2, 0) is 4.79 Å². The van der Waals surface area contributed by atoms with Gasteiger partial charge in [0.15, 0.2) is 0 Å². The van der Waals surface area contributed by atoms with Crippen LogP contribution in [0.25, 0.3) is 0 Å². The fourth-order valence-corrected chi connectivity index (χ4v) is 3.16. The van der Waals surface area contributed by atoms with Crippen molar-refractivity contribution in [1.82, 2.24) is 10.2 Å². The molecule has 1 saturated heterocycles. The Labute approximate surface area is 129 Å². The number of anilines is 1. The first kappa shape index (κ1) is 15.7. The molecular weight excluding hydrogens is 286 g/mol. The molecule has 2 N–H and O–H groups in total. The van der Waals surface area contributed by atoms with Gasteiger partial charge >= 0.3 is 6.03 Å². The summed E-state index contributed by atoms with van der Waals surface area (Å²) in [6, 6.07) is 7.14. The van der Waals surface area contributed by atoms with E-state index in [2.05, 4.69) is 17.6 Å². The maximum Gasteiger partial charge on any atom is 0.322 e. The average Bonchev–Trinajstić information content (AvgIpc) is 2.49. The number of carbonyl (C=O) groups excluding carboxylic acids is 2. The second kappa shape index (κ2) is 7.36. The van der Waals surface area contributed by atoms with E-state index in [0.29, 0.717) is 19.5 Å². The van der Waals surface area contributed by atoms with Crippen LogP contribution in [0.5, 0.6) is 0 Å². The lowest BCUT2D eigenvalue weighted by Crippen LogP contribution is -2.57. The number of nitrogens with zero attached hydrogens (tertiary/aromatic N) is 1. The lowest BCUT2D eigenvalue weighted by molar-refractivity contribution is -0.127. The number of nitrogens with one attached hydrogen (secondary N) is 2. The van der Waals surface area contributed by atoms with Crippen molar-refractivity contribution < 1.29 is 9.59 Å². The molecule has 1 aromatic carbocycles. The van der Waals surface area contributed by atoms with E-state index < -0.39 is 0 Å². The highest BCUT2D eigenvalue weighted by atomic mass is 32.2. The number of thioether (sulfide) groups is 1. The number of amides is 3. The summed E-state index contributed by atoms with van der Waals surface area (Å²) in [5.74, 6) is 0.867. The van der Waals surface area contributed by atoms with Gasteiger partial charge in [-0.2, -0.15) is 0 Å². The molecule has 1 heterocycles. The molecule has 0 aromatic heterocycles. The molecule has 114 valence electrons. The van der Waals surface area contributed by atoms with Gasteiger partial charge in [-0.25, -0.2) is 4.79 Å². The van der Waals surface area contributed by atoms with Gasteiger partial charge < -0.3 is 15.5 Å². The van der Waals surface area contributed by atoms with Gasteiger partial charge in [0, 0.05) is 18.0 Å². The van der Waals surface area contributed by atoms with Crippen molar-refractivity contribution in [3.63, 3.8) is 0 Å². The number of benzene rings is 1. The summed E-state index contributed by atoms with van der Waals surface area (Å²) in [6.45, 7) is 5.04. The Morgan fingerprint density at radius 1 is 1.43 bits per heavy atom. The molecule has 0 unspecified atom stereocenters. The molecule has 0 bridgehead atoms. The molecule has 0 radical (unpaired) electrons.